The number of fused-ring (bicyclic) bond motifs is 1. The number of rotatable bonds is 10. The van der Waals surface area contributed by atoms with Gasteiger partial charge in [-0.1, -0.05) is 100 Å². The van der Waals surface area contributed by atoms with Gasteiger partial charge in [-0.05, 0) is 58.5 Å². The number of thiophene rings is 1. The molecule has 1 fully saturated rings. The first-order valence-electron chi connectivity index (χ1n) is 16.2. The van der Waals surface area contributed by atoms with Crippen LogP contribution in [0, 0.1) is 0 Å². The Morgan fingerprint density at radius 1 is 0.844 bits per heavy atom. The Labute approximate surface area is 273 Å². The van der Waals surface area contributed by atoms with Gasteiger partial charge >= 0.3 is 0 Å². The predicted octanol–water partition coefficient (Wildman–Crippen LogP) is 7.45. The molecule has 1 atom stereocenters. The number of benzene rings is 3. The summed E-state index contributed by atoms with van der Waals surface area (Å²) in [6, 6.07) is 34.4. The van der Waals surface area contributed by atoms with Crippen LogP contribution in [-0.4, -0.2) is 63.6 Å². The largest absolute Gasteiger partial charge is 0.491 e. The Morgan fingerprint density at radius 2 is 1.51 bits per heavy atom. The molecule has 0 aliphatic carbocycles. The molecule has 0 bridgehead atoms. The molecule has 2 aromatic heterocycles. The molecule has 5 aromatic rings. The van der Waals surface area contributed by atoms with Crippen molar-refractivity contribution in [1.82, 2.24) is 9.88 Å². The molecule has 0 spiro atoms. The lowest BCUT2D eigenvalue weighted by Crippen LogP contribution is -2.67. The number of hydrogen-bond donors (Lipinski definition) is 0. The summed E-state index contributed by atoms with van der Waals surface area (Å²) in [6.07, 6.45) is -0.117. The van der Waals surface area contributed by atoms with E-state index in [2.05, 4.69) is 141 Å². The zero-order valence-corrected chi connectivity index (χ0v) is 29.0. The molecular weight excluding hydrogens is 591 g/mol. The molecule has 0 saturated carbocycles. The third-order valence-corrected chi connectivity index (χ3v) is 15.0. The molecule has 0 N–H and O–H groups in total. The molecule has 1 saturated heterocycles. The Hall–Kier alpha value is -3.49. The fraction of sp³-hybridized carbons (Fsp3) is 0.342. The highest BCUT2D eigenvalue weighted by atomic mass is 32.1. The summed E-state index contributed by atoms with van der Waals surface area (Å²) in [7, 11) is -2.66. The zero-order valence-electron chi connectivity index (χ0n) is 27.2. The third kappa shape index (κ3) is 6.58. The highest BCUT2D eigenvalue weighted by molar-refractivity contribution is 7.17. The first-order valence-corrected chi connectivity index (χ1v) is 18.9. The topological polar surface area (TPSA) is 37.8 Å². The molecule has 1 aliphatic heterocycles. The van der Waals surface area contributed by atoms with E-state index in [9.17, 15) is 0 Å². The minimum atomic E-state index is -2.66. The average molecular weight is 636 g/mol. The minimum absolute atomic E-state index is 0.0864. The van der Waals surface area contributed by atoms with Crippen molar-refractivity contribution in [2.75, 3.05) is 44.2 Å². The van der Waals surface area contributed by atoms with Gasteiger partial charge in [0.15, 0.2) is 0 Å². The normalized spacial score (nSPS) is 15.4. The second-order valence-corrected chi connectivity index (χ2v) is 18.2. The van der Waals surface area contributed by atoms with E-state index in [0.717, 1.165) is 55.5 Å². The van der Waals surface area contributed by atoms with Gasteiger partial charge in [-0.15, -0.1) is 11.3 Å². The lowest BCUT2D eigenvalue weighted by Gasteiger charge is -2.44. The van der Waals surface area contributed by atoms with Crippen LogP contribution in [0.3, 0.4) is 0 Å². The summed E-state index contributed by atoms with van der Waals surface area (Å²) in [6.45, 7) is 17.0. The molecule has 1 aliphatic rings. The standard InChI is InChI=1S/C38H45N3O2SSi/c1-6-40-21-23-41(24-22-40)37-34-20-25-44-36(34)27-35(39-37)30-14-13-15-31(26-30)42-28-29(2)43-45(38(3,4)5,32-16-9-7-10-17-32)33-18-11-8-12-19-33/h7-20,25-27,29H,6,21-24,28H2,1-5H3. The maximum absolute atomic E-state index is 7.24. The van der Waals surface area contributed by atoms with Crippen molar-refractivity contribution in [3.63, 3.8) is 0 Å². The van der Waals surface area contributed by atoms with Gasteiger partial charge in [-0.3, -0.25) is 0 Å². The summed E-state index contributed by atoms with van der Waals surface area (Å²) >= 11 is 1.78. The monoisotopic (exact) mass is 635 g/mol. The first kappa shape index (κ1) is 31.5. The molecular formula is C38H45N3O2SSi. The van der Waals surface area contributed by atoms with Gasteiger partial charge in [-0.2, -0.15) is 0 Å². The number of aromatic nitrogens is 1. The SMILES string of the molecule is CCN1CCN(c2nc(-c3cccc(OCC(C)O[Si](c4ccccc4)(c4ccccc4)C(C)(C)C)c3)cc3sccc23)CC1. The van der Waals surface area contributed by atoms with E-state index in [0.29, 0.717) is 6.61 Å². The maximum atomic E-state index is 7.24. The van der Waals surface area contributed by atoms with Crippen molar-refractivity contribution in [3.8, 4) is 17.0 Å². The molecule has 1 unspecified atom stereocenters. The Kier molecular flexibility index (Phi) is 9.43. The van der Waals surface area contributed by atoms with Gasteiger partial charge in [0.25, 0.3) is 8.32 Å². The second kappa shape index (κ2) is 13.5. The van der Waals surface area contributed by atoms with Gasteiger partial charge in [0.2, 0.25) is 0 Å². The molecule has 45 heavy (non-hydrogen) atoms. The van der Waals surface area contributed by atoms with Crippen LogP contribution in [0.5, 0.6) is 5.75 Å². The van der Waals surface area contributed by atoms with Gasteiger partial charge in [0.1, 0.15) is 18.2 Å². The van der Waals surface area contributed by atoms with E-state index in [-0.39, 0.29) is 11.1 Å². The van der Waals surface area contributed by atoms with Crippen molar-refractivity contribution in [3.05, 3.63) is 102 Å². The highest BCUT2D eigenvalue weighted by Crippen LogP contribution is 2.38. The van der Waals surface area contributed by atoms with E-state index >= 15 is 0 Å². The van der Waals surface area contributed by atoms with E-state index in [1.54, 1.807) is 11.3 Å². The van der Waals surface area contributed by atoms with E-state index in [4.69, 9.17) is 14.1 Å². The van der Waals surface area contributed by atoms with Crippen LogP contribution in [-0.2, 0) is 4.43 Å². The van der Waals surface area contributed by atoms with Crippen LogP contribution in [0.1, 0.15) is 34.6 Å². The highest BCUT2D eigenvalue weighted by Gasteiger charge is 2.51. The van der Waals surface area contributed by atoms with Gasteiger partial charge in [-0.25, -0.2) is 4.98 Å². The molecule has 3 heterocycles. The van der Waals surface area contributed by atoms with Crippen molar-refractivity contribution in [2.45, 2.75) is 45.8 Å². The molecule has 234 valence electrons. The van der Waals surface area contributed by atoms with E-state index < -0.39 is 8.32 Å². The van der Waals surface area contributed by atoms with Crippen LogP contribution >= 0.6 is 11.3 Å². The van der Waals surface area contributed by atoms with Crippen molar-refractivity contribution in [1.29, 1.82) is 0 Å². The smallest absolute Gasteiger partial charge is 0.261 e. The average Bonchev–Trinajstić information content (AvgIpc) is 3.55. The van der Waals surface area contributed by atoms with Crippen LogP contribution in [0.2, 0.25) is 5.04 Å². The summed E-state index contributed by atoms with van der Waals surface area (Å²) in [4.78, 5) is 10.2. The van der Waals surface area contributed by atoms with Crippen LogP contribution in [0.25, 0.3) is 21.3 Å². The first-order chi connectivity index (χ1) is 21.8. The Morgan fingerprint density at radius 3 is 2.13 bits per heavy atom. The maximum Gasteiger partial charge on any atom is 0.261 e. The van der Waals surface area contributed by atoms with Crippen LogP contribution in [0.4, 0.5) is 5.82 Å². The summed E-state index contributed by atoms with van der Waals surface area (Å²) in [5, 5.41) is 5.89. The minimum Gasteiger partial charge on any atom is -0.491 e. The third-order valence-electron chi connectivity index (χ3n) is 8.96. The number of pyridine rings is 1. The Balaban J connectivity index is 1.23. The van der Waals surface area contributed by atoms with Crippen LogP contribution in [0.15, 0.2) is 102 Å². The number of anilines is 1. The van der Waals surface area contributed by atoms with E-state index in [1.165, 1.54) is 20.5 Å². The summed E-state index contributed by atoms with van der Waals surface area (Å²) in [5.74, 6) is 1.93. The summed E-state index contributed by atoms with van der Waals surface area (Å²) in [5.41, 5.74) is 2.05. The Bertz CT molecular complexity index is 1660. The number of nitrogens with zero attached hydrogens (tertiary/aromatic N) is 3. The van der Waals surface area contributed by atoms with Crippen molar-refractivity contribution >= 4 is 45.9 Å². The number of ether oxygens (including phenoxy) is 1. The molecule has 0 amide bonds. The van der Waals surface area contributed by atoms with Gasteiger partial charge in [0, 0.05) is 41.8 Å². The van der Waals surface area contributed by atoms with E-state index in [1.807, 2.05) is 6.07 Å². The number of likely N-dealkylation sites (N-methyl/N-ethyl adjacent to an activating group) is 1. The van der Waals surface area contributed by atoms with Crippen LogP contribution < -0.4 is 20.0 Å². The molecule has 3 aromatic carbocycles. The molecule has 7 heteroatoms. The quantitative estimate of drug-likeness (QED) is 0.149. The molecule has 6 rings (SSSR count). The van der Waals surface area contributed by atoms with Gasteiger partial charge in [0.05, 0.1) is 11.8 Å². The molecule has 5 nitrogen and oxygen atoms in total. The number of hydrogen-bond acceptors (Lipinski definition) is 6. The fourth-order valence-electron chi connectivity index (χ4n) is 6.60. The van der Waals surface area contributed by atoms with Gasteiger partial charge < -0.3 is 19.0 Å². The predicted molar refractivity (Wildman–Crippen MR) is 193 cm³/mol. The molecule has 0 radical (unpaired) electrons. The fourth-order valence-corrected chi connectivity index (χ4v) is 12.1. The summed E-state index contributed by atoms with van der Waals surface area (Å²) < 4.78 is 15.0. The number of piperazine rings is 1. The lowest BCUT2D eigenvalue weighted by molar-refractivity contribution is 0.134. The lowest BCUT2D eigenvalue weighted by atomic mass is 10.1. The van der Waals surface area contributed by atoms with Crippen molar-refractivity contribution in [2.24, 2.45) is 0 Å². The second-order valence-electron chi connectivity index (χ2n) is 13.0. The van der Waals surface area contributed by atoms with Crippen molar-refractivity contribution < 1.29 is 9.16 Å². The zero-order chi connectivity index (χ0) is 31.4.